The molecule has 0 spiro atoms. The normalized spacial score (nSPS) is 20.1. The van der Waals surface area contributed by atoms with Crippen molar-refractivity contribution >= 4 is 5.91 Å². The first-order valence-corrected chi connectivity index (χ1v) is 7.62. The van der Waals surface area contributed by atoms with Gasteiger partial charge in [-0.15, -0.1) is 0 Å². The van der Waals surface area contributed by atoms with Gasteiger partial charge in [0.15, 0.2) is 5.69 Å². The molecule has 0 bridgehead atoms. The number of rotatable bonds is 3. The van der Waals surface area contributed by atoms with E-state index in [4.69, 9.17) is 4.74 Å². The summed E-state index contributed by atoms with van der Waals surface area (Å²) >= 11 is 0. The fraction of sp³-hybridized carbons (Fsp3) is 0.438. The molecule has 0 unspecified atom stereocenters. The maximum Gasteiger partial charge on any atom is 0.274 e. The smallest absolute Gasteiger partial charge is 0.274 e. The third kappa shape index (κ3) is 3.05. The predicted octanol–water partition coefficient (Wildman–Crippen LogP) is 1.39. The molecule has 0 radical (unpaired) electrons. The predicted molar refractivity (Wildman–Crippen MR) is 84.1 cm³/mol. The van der Waals surface area contributed by atoms with E-state index in [2.05, 4.69) is 15.2 Å². The van der Waals surface area contributed by atoms with E-state index in [1.807, 2.05) is 13.8 Å². The van der Waals surface area contributed by atoms with Crippen molar-refractivity contribution in [3.8, 4) is 0 Å². The van der Waals surface area contributed by atoms with Gasteiger partial charge in [0.1, 0.15) is 0 Å². The van der Waals surface area contributed by atoms with Crippen LogP contribution in [0.15, 0.2) is 23.0 Å². The van der Waals surface area contributed by atoms with Crippen LogP contribution in [-0.2, 0) is 17.7 Å². The molecule has 3 heterocycles. The van der Waals surface area contributed by atoms with Gasteiger partial charge in [-0.2, -0.15) is 5.10 Å². The lowest BCUT2D eigenvalue weighted by molar-refractivity contribution is -0.00701. The monoisotopic (exact) mass is 316 g/mol. The van der Waals surface area contributed by atoms with E-state index in [1.165, 1.54) is 6.07 Å². The van der Waals surface area contributed by atoms with Crippen molar-refractivity contribution in [2.45, 2.75) is 39.0 Å². The molecule has 1 aliphatic heterocycles. The molecule has 7 nitrogen and oxygen atoms in total. The minimum Gasteiger partial charge on any atom is -0.369 e. The molecule has 23 heavy (non-hydrogen) atoms. The first-order valence-electron chi connectivity index (χ1n) is 7.62. The molecule has 0 fully saturated rings. The summed E-state index contributed by atoms with van der Waals surface area (Å²) in [5.41, 5.74) is 2.73. The van der Waals surface area contributed by atoms with Crippen LogP contribution in [0.3, 0.4) is 0 Å². The quantitative estimate of drug-likeness (QED) is 0.895. The molecule has 2 atom stereocenters. The largest absolute Gasteiger partial charge is 0.369 e. The minimum atomic E-state index is -0.180. The highest BCUT2D eigenvalue weighted by Gasteiger charge is 2.30. The third-order valence-electron chi connectivity index (χ3n) is 4.02. The lowest BCUT2D eigenvalue weighted by atomic mass is 9.99. The van der Waals surface area contributed by atoms with Crippen molar-refractivity contribution < 1.29 is 9.53 Å². The Labute approximate surface area is 133 Å². The van der Waals surface area contributed by atoms with Gasteiger partial charge in [0.2, 0.25) is 5.56 Å². The Balaban J connectivity index is 1.82. The van der Waals surface area contributed by atoms with Crippen molar-refractivity contribution in [3.05, 3.63) is 51.2 Å². The topological polar surface area (TPSA) is 91.1 Å². The van der Waals surface area contributed by atoms with Crippen molar-refractivity contribution in [2.24, 2.45) is 0 Å². The number of pyridine rings is 1. The van der Waals surface area contributed by atoms with Gasteiger partial charge in [0, 0.05) is 30.8 Å². The molecule has 2 aromatic rings. The number of hydrogen-bond donors (Lipinski definition) is 2. The highest BCUT2D eigenvalue weighted by molar-refractivity contribution is 5.93. The van der Waals surface area contributed by atoms with Crippen LogP contribution in [0.5, 0.6) is 0 Å². The van der Waals surface area contributed by atoms with Crippen LogP contribution in [0.2, 0.25) is 0 Å². The molecule has 3 rings (SSSR count). The Morgan fingerprint density at radius 3 is 2.96 bits per heavy atom. The molecular weight excluding hydrogens is 296 g/mol. The fourth-order valence-corrected chi connectivity index (χ4v) is 2.94. The fourth-order valence-electron chi connectivity index (χ4n) is 2.94. The van der Waals surface area contributed by atoms with Crippen molar-refractivity contribution in [1.29, 1.82) is 0 Å². The number of ether oxygens (including phenoxy) is 1. The lowest BCUT2D eigenvalue weighted by Gasteiger charge is -2.25. The standard InChI is InChI=1S/C16H20N4O3/c1-9-7-12-14(10(2)23-9)18-19-15(12)16(22)20(3)8-11-5-4-6-13(21)17-11/h4-6,9-10H,7-8H2,1-3H3,(H,17,21)(H,18,19)/t9-,10+/m1/s1. The number of fused-ring (bicyclic) bond motifs is 1. The number of nitrogens with zero attached hydrogens (tertiary/aromatic N) is 2. The number of aromatic nitrogens is 3. The van der Waals surface area contributed by atoms with Gasteiger partial charge < -0.3 is 14.6 Å². The number of hydrogen-bond acceptors (Lipinski definition) is 4. The maximum absolute atomic E-state index is 12.7. The number of carbonyl (C=O) groups is 1. The third-order valence-corrected chi connectivity index (χ3v) is 4.02. The average molecular weight is 316 g/mol. The second kappa shape index (κ2) is 6.00. The summed E-state index contributed by atoms with van der Waals surface area (Å²) in [6, 6.07) is 4.89. The zero-order valence-electron chi connectivity index (χ0n) is 13.4. The van der Waals surface area contributed by atoms with Gasteiger partial charge >= 0.3 is 0 Å². The van der Waals surface area contributed by atoms with E-state index in [9.17, 15) is 9.59 Å². The molecule has 7 heteroatoms. The second-order valence-corrected chi connectivity index (χ2v) is 5.96. The summed E-state index contributed by atoms with van der Waals surface area (Å²) in [4.78, 5) is 28.3. The molecule has 2 N–H and O–H groups in total. The Morgan fingerprint density at radius 1 is 1.43 bits per heavy atom. The van der Waals surface area contributed by atoms with Gasteiger partial charge in [-0.1, -0.05) is 6.07 Å². The van der Waals surface area contributed by atoms with E-state index in [0.29, 0.717) is 24.4 Å². The van der Waals surface area contributed by atoms with Crippen LogP contribution in [-0.4, -0.2) is 39.1 Å². The Bertz CT molecular complexity index is 780. The summed E-state index contributed by atoms with van der Waals surface area (Å²) in [5, 5.41) is 7.12. The van der Waals surface area contributed by atoms with Crippen LogP contribution < -0.4 is 5.56 Å². The molecule has 0 aromatic carbocycles. The maximum atomic E-state index is 12.7. The van der Waals surface area contributed by atoms with Crippen LogP contribution in [0, 0.1) is 0 Å². The Morgan fingerprint density at radius 2 is 2.22 bits per heavy atom. The molecular formula is C16H20N4O3. The van der Waals surface area contributed by atoms with Crippen LogP contribution in [0.25, 0.3) is 0 Å². The SMILES string of the molecule is C[C@@H]1Cc2c(C(=O)N(C)Cc3cccc(=O)[nH]3)n[nH]c2[C@H](C)O1. The Hall–Kier alpha value is -2.41. The van der Waals surface area contributed by atoms with Crippen LogP contribution in [0.4, 0.5) is 0 Å². The summed E-state index contributed by atoms with van der Waals surface area (Å²) in [6.07, 6.45) is 0.615. The summed E-state index contributed by atoms with van der Waals surface area (Å²) in [6.45, 7) is 4.25. The first-order chi connectivity index (χ1) is 11.0. The van der Waals surface area contributed by atoms with Gasteiger partial charge in [0.25, 0.3) is 5.91 Å². The highest BCUT2D eigenvalue weighted by atomic mass is 16.5. The highest BCUT2D eigenvalue weighted by Crippen LogP contribution is 2.30. The molecule has 1 amide bonds. The van der Waals surface area contributed by atoms with E-state index in [0.717, 1.165) is 11.3 Å². The van der Waals surface area contributed by atoms with E-state index >= 15 is 0 Å². The number of aromatic amines is 2. The van der Waals surface area contributed by atoms with Crippen molar-refractivity contribution in [2.75, 3.05) is 7.05 Å². The van der Waals surface area contributed by atoms with E-state index < -0.39 is 0 Å². The molecule has 0 aliphatic carbocycles. The molecule has 2 aromatic heterocycles. The zero-order valence-corrected chi connectivity index (χ0v) is 13.4. The number of nitrogens with one attached hydrogen (secondary N) is 2. The summed E-state index contributed by atoms with van der Waals surface area (Å²) in [7, 11) is 1.70. The van der Waals surface area contributed by atoms with E-state index in [-0.39, 0.29) is 23.7 Å². The van der Waals surface area contributed by atoms with Crippen LogP contribution in [0.1, 0.15) is 47.4 Å². The lowest BCUT2D eigenvalue weighted by Crippen LogP contribution is -2.30. The minimum absolute atomic E-state index is 0.0532. The number of amides is 1. The molecule has 0 saturated carbocycles. The van der Waals surface area contributed by atoms with E-state index in [1.54, 1.807) is 24.1 Å². The van der Waals surface area contributed by atoms with Crippen molar-refractivity contribution in [3.63, 3.8) is 0 Å². The van der Waals surface area contributed by atoms with Gasteiger partial charge in [-0.05, 0) is 19.9 Å². The Kier molecular flexibility index (Phi) is 4.04. The first kappa shape index (κ1) is 15.5. The number of carbonyl (C=O) groups excluding carboxylic acids is 1. The van der Waals surface area contributed by atoms with Gasteiger partial charge in [0.05, 0.1) is 24.4 Å². The van der Waals surface area contributed by atoms with Crippen molar-refractivity contribution in [1.82, 2.24) is 20.1 Å². The number of H-pyrrole nitrogens is 2. The zero-order chi connectivity index (χ0) is 16.6. The summed E-state index contributed by atoms with van der Waals surface area (Å²) in [5.74, 6) is -0.173. The second-order valence-electron chi connectivity index (χ2n) is 5.96. The molecule has 0 saturated heterocycles. The molecule has 1 aliphatic rings. The average Bonchev–Trinajstić information content (AvgIpc) is 2.90. The summed E-state index contributed by atoms with van der Waals surface area (Å²) < 4.78 is 5.74. The molecule has 122 valence electrons. The van der Waals surface area contributed by atoms with Gasteiger partial charge in [-0.3, -0.25) is 14.7 Å². The van der Waals surface area contributed by atoms with Gasteiger partial charge in [-0.25, -0.2) is 0 Å². The van der Waals surface area contributed by atoms with Crippen LogP contribution >= 0.6 is 0 Å².